The van der Waals surface area contributed by atoms with Crippen LogP contribution < -0.4 is 25.5 Å². The number of rotatable bonds is 6. The quantitative estimate of drug-likeness (QED) is 0.357. The molecular weight excluding hydrogens is 420 g/mol. The van der Waals surface area contributed by atoms with Crippen molar-refractivity contribution in [3.05, 3.63) is 73.9 Å². The van der Waals surface area contributed by atoms with Crippen LogP contribution in [0.3, 0.4) is 0 Å². The van der Waals surface area contributed by atoms with Gasteiger partial charge in [-0.2, -0.15) is 0 Å². The predicted molar refractivity (Wildman–Crippen MR) is 114 cm³/mol. The lowest BCUT2D eigenvalue weighted by atomic mass is 10.0. The van der Waals surface area contributed by atoms with E-state index in [-0.39, 0.29) is 28.9 Å². The molecule has 2 aromatic carbocycles. The van der Waals surface area contributed by atoms with Crippen LogP contribution >= 0.6 is 0 Å². The lowest BCUT2D eigenvalue weighted by Crippen LogP contribution is -2.21. The number of methoxy groups -OCH3 is 3. The Kier molecular flexibility index (Phi) is 5.41. The fraction of sp³-hybridized carbons (Fsp3) is 0.174. The van der Waals surface area contributed by atoms with Gasteiger partial charge in [0, 0.05) is 12.1 Å². The van der Waals surface area contributed by atoms with Gasteiger partial charge in [0.1, 0.15) is 39.5 Å². The SMILES string of the molecule is COc1cc(OC)c2cc(C(=O)c3cc4c(OC)cc(CO)cc4oc3=O)c(=O)oc2c1. The van der Waals surface area contributed by atoms with Gasteiger partial charge < -0.3 is 28.2 Å². The molecule has 32 heavy (non-hydrogen) atoms. The van der Waals surface area contributed by atoms with Gasteiger partial charge in [-0.3, -0.25) is 4.79 Å². The van der Waals surface area contributed by atoms with Crippen LogP contribution in [0.25, 0.3) is 21.9 Å². The Morgan fingerprint density at radius 1 is 0.781 bits per heavy atom. The summed E-state index contributed by atoms with van der Waals surface area (Å²) in [5.74, 6) is 0.146. The van der Waals surface area contributed by atoms with Gasteiger partial charge in [0.05, 0.1) is 38.7 Å². The number of carbonyl (C=O) groups excluding carboxylic acids is 1. The minimum atomic E-state index is -0.944. The van der Waals surface area contributed by atoms with E-state index in [4.69, 9.17) is 23.0 Å². The van der Waals surface area contributed by atoms with E-state index in [0.29, 0.717) is 33.6 Å². The van der Waals surface area contributed by atoms with Crippen molar-refractivity contribution >= 4 is 27.7 Å². The van der Waals surface area contributed by atoms with Crippen LogP contribution in [0.2, 0.25) is 0 Å². The molecule has 2 heterocycles. The fourth-order valence-corrected chi connectivity index (χ4v) is 3.41. The fourth-order valence-electron chi connectivity index (χ4n) is 3.41. The summed E-state index contributed by atoms with van der Waals surface area (Å²) >= 11 is 0. The third-order valence-electron chi connectivity index (χ3n) is 5.01. The number of benzene rings is 2. The zero-order valence-corrected chi connectivity index (χ0v) is 17.4. The number of ether oxygens (including phenoxy) is 3. The molecule has 0 fully saturated rings. The lowest BCUT2D eigenvalue weighted by molar-refractivity contribution is 0.103. The molecular formula is C23H18O9. The van der Waals surface area contributed by atoms with Crippen molar-refractivity contribution < 1.29 is 32.9 Å². The summed E-state index contributed by atoms with van der Waals surface area (Å²) in [5.41, 5.74) is -1.85. The highest BCUT2D eigenvalue weighted by Gasteiger charge is 2.23. The average molecular weight is 438 g/mol. The maximum Gasteiger partial charge on any atom is 0.347 e. The van der Waals surface area contributed by atoms with Crippen LogP contribution in [-0.4, -0.2) is 32.2 Å². The van der Waals surface area contributed by atoms with Crippen molar-refractivity contribution in [2.75, 3.05) is 21.3 Å². The number of carbonyl (C=O) groups is 1. The van der Waals surface area contributed by atoms with Gasteiger partial charge in [-0.05, 0) is 29.8 Å². The Balaban J connectivity index is 1.92. The molecule has 0 unspecified atom stereocenters. The van der Waals surface area contributed by atoms with Crippen LogP contribution in [0, 0.1) is 0 Å². The summed E-state index contributed by atoms with van der Waals surface area (Å²) in [6.07, 6.45) is 0. The van der Waals surface area contributed by atoms with Crippen molar-refractivity contribution in [3.63, 3.8) is 0 Å². The Bertz CT molecular complexity index is 1370. The van der Waals surface area contributed by atoms with Gasteiger partial charge in [0.2, 0.25) is 5.78 Å². The van der Waals surface area contributed by atoms with Gasteiger partial charge in [-0.1, -0.05) is 0 Å². The van der Waals surface area contributed by atoms with E-state index in [9.17, 15) is 19.5 Å². The molecule has 0 aliphatic carbocycles. The molecule has 0 saturated carbocycles. The Morgan fingerprint density at radius 2 is 1.31 bits per heavy atom. The summed E-state index contributed by atoms with van der Waals surface area (Å²) in [4.78, 5) is 38.3. The number of hydrogen-bond donors (Lipinski definition) is 1. The van der Waals surface area contributed by atoms with Crippen molar-refractivity contribution in [3.8, 4) is 17.2 Å². The van der Waals surface area contributed by atoms with Crippen LogP contribution in [0.1, 0.15) is 21.5 Å². The molecule has 0 aliphatic heterocycles. The molecule has 0 radical (unpaired) electrons. The number of aliphatic hydroxyl groups is 1. The van der Waals surface area contributed by atoms with Gasteiger partial charge in [-0.25, -0.2) is 9.59 Å². The van der Waals surface area contributed by atoms with E-state index >= 15 is 0 Å². The molecule has 0 aliphatic rings. The Labute approximate surface area is 180 Å². The number of fused-ring (bicyclic) bond motifs is 2. The first-order chi connectivity index (χ1) is 15.4. The second kappa shape index (κ2) is 8.20. The van der Waals surface area contributed by atoms with E-state index < -0.39 is 17.0 Å². The van der Waals surface area contributed by atoms with Gasteiger partial charge in [0.25, 0.3) is 0 Å². The highest BCUT2D eigenvalue weighted by Crippen LogP contribution is 2.32. The molecule has 1 N–H and O–H groups in total. The Morgan fingerprint density at radius 3 is 1.81 bits per heavy atom. The first kappa shape index (κ1) is 21.1. The van der Waals surface area contributed by atoms with Gasteiger partial charge >= 0.3 is 11.3 Å². The smallest absolute Gasteiger partial charge is 0.347 e. The number of hydrogen-bond acceptors (Lipinski definition) is 9. The molecule has 0 amide bonds. The average Bonchev–Trinajstić information content (AvgIpc) is 2.80. The van der Waals surface area contributed by atoms with Crippen LogP contribution in [-0.2, 0) is 6.61 Å². The number of ketones is 1. The predicted octanol–water partition coefficient (Wildman–Crippen LogP) is 2.65. The maximum atomic E-state index is 13.2. The van der Waals surface area contributed by atoms with E-state index in [1.54, 1.807) is 12.1 Å². The minimum Gasteiger partial charge on any atom is -0.496 e. The normalized spacial score (nSPS) is 11.0. The van der Waals surface area contributed by atoms with Crippen molar-refractivity contribution in [1.29, 1.82) is 0 Å². The highest BCUT2D eigenvalue weighted by atomic mass is 16.5. The number of aliphatic hydroxyl groups excluding tert-OH is 1. The molecule has 9 nitrogen and oxygen atoms in total. The summed E-state index contributed by atoms with van der Waals surface area (Å²) in [6, 6.07) is 8.68. The summed E-state index contributed by atoms with van der Waals surface area (Å²) in [5, 5.41) is 10.1. The summed E-state index contributed by atoms with van der Waals surface area (Å²) in [6.45, 7) is -0.290. The van der Waals surface area contributed by atoms with Crippen LogP contribution in [0.5, 0.6) is 17.2 Å². The molecule has 0 spiro atoms. The van der Waals surface area contributed by atoms with E-state index in [0.717, 1.165) is 0 Å². The van der Waals surface area contributed by atoms with Crippen molar-refractivity contribution in [2.24, 2.45) is 0 Å². The zero-order chi connectivity index (χ0) is 23.0. The zero-order valence-electron chi connectivity index (χ0n) is 17.4. The Hall–Kier alpha value is -4.11. The molecule has 0 atom stereocenters. The highest BCUT2D eigenvalue weighted by molar-refractivity contribution is 6.11. The maximum absolute atomic E-state index is 13.2. The second-order valence-electron chi connectivity index (χ2n) is 6.83. The lowest BCUT2D eigenvalue weighted by Gasteiger charge is -2.10. The minimum absolute atomic E-state index is 0.134. The molecule has 0 saturated heterocycles. The monoisotopic (exact) mass is 438 g/mol. The first-order valence-corrected chi connectivity index (χ1v) is 9.40. The standard InChI is InChI=1S/C23H18O9/c1-28-12-6-18(30-3)14-9-16(23(27)32-20(14)7-12)21(25)15-8-13-17(29-2)4-11(10-24)5-19(13)31-22(15)26/h4-9,24H,10H2,1-3H3. The molecule has 4 aromatic rings. The van der Waals surface area contributed by atoms with Gasteiger partial charge in [-0.15, -0.1) is 0 Å². The first-order valence-electron chi connectivity index (χ1n) is 9.40. The topological polar surface area (TPSA) is 125 Å². The van der Waals surface area contributed by atoms with Crippen LogP contribution in [0.15, 0.2) is 54.8 Å². The van der Waals surface area contributed by atoms with Crippen LogP contribution in [0.4, 0.5) is 0 Å². The molecule has 164 valence electrons. The molecule has 4 rings (SSSR count). The van der Waals surface area contributed by atoms with Crippen molar-refractivity contribution in [2.45, 2.75) is 6.61 Å². The third kappa shape index (κ3) is 3.48. The van der Waals surface area contributed by atoms with E-state index in [2.05, 4.69) is 0 Å². The van der Waals surface area contributed by atoms with Gasteiger partial charge in [0.15, 0.2) is 0 Å². The molecule has 2 aromatic heterocycles. The van der Waals surface area contributed by atoms with E-state index in [1.165, 1.54) is 45.6 Å². The molecule has 0 bridgehead atoms. The van der Waals surface area contributed by atoms with Crippen molar-refractivity contribution in [1.82, 2.24) is 0 Å². The summed E-state index contributed by atoms with van der Waals surface area (Å²) in [7, 11) is 4.28. The third-order valence-corrected chi connectivity index (χ3v) is 5.01. The largest absolute Gasteiger partial charge is 0.496 e. The summed E-state index contributed by atoms with van der Waals surface area (Å²) < 4.78 is 26.3. The van der Waals surface area contributed by atoms with E-state index in [1.807, 2.05) is 0 Å². The second-order valence-corrected chi connectivity index (χ2v) is 6.83. The molecule has 9 heteroatoms.